The number of aromatic nitrogens is 3. The van der Waals surface area contributed by atoms with Crippen molar-refractivity contribution in [2.45, 2.75) is 75.5 Å². The molecule has 1 fully saturated rings. The Morgan fingerprint density at radius 2 is 1.66 bits per heavy atom. The van der Waals surface area contributed by atoms with Crippen molar-refractivity contribution in [3.63, 3.8) is 0 Å². The fraction of sp³-hybridized carbons (Fsp3) is 0.333. The SMILES string of the molecule is C[C@@H]1[C@@H]([Si](C)(C)F)[C@H](CCn2cc(C(CO)c3ccccc3)nn2)O[C@@]12C(=O)N(Cc1ccccc1)c1ccc(N3C(=O)CCc4ccccc43)cc12. The summed E-state index contributed by atoms with van der Waals surface area (Å²) in [5.74, 6) is -1.04. The molecule has 1 aromatic heterocycles. The van der Waals surface area contributed by atoms with Gasteiger partial charge in [-0.2, -0.15) is 0 Å². The highest BCUT2D eigenvalue weighted by Gasteiger charge is 2.66. The molecule has 1 unspecified atom stereocenters. The quantitative estimate of drug-likeness (QED) is 0.119. The minimum absolute atomic E-state index is 0.0143. The van der Waals surface area contributed by atoms with Gasteiger partial charge in [0.05, 0.1) is 42.2 Å². The molecule has 0 aliphatic carbocycles. The van der Waals surface area contributed by atoms with E-state index in [0.717, 1.165) is 22.4 Å². The molecule has 11 heteroatoms. The molecule has 3 aliphatic rings. The number of ether oxygens (including phenoxy) is 1. The van der Waals surface area contributed by atoms with Gasteiger partial charge < -0.3 is 18.9 Å². The predicted molar refractivity (Wildman–Crippen MR) is 204 cm³/mol. The van der Waals surface area contributed by atoms with E-state index in [0.29, 0.717) is 55.0 Å². The highest BCUT2D eigenvalue weighted by Crippen LogP contribution is 2.61. The maximum absolute atomic E-state index is 16.7. The number of para-hydroxylation sites is 1. The monoisotopic (exact) mass is 729 g/mol. The van der Waals surface area contributed by atoms with Gasteiger partial charge in [0.25, 0.3) is 5.91 Å². The molecule has 4 heterocycles. The summed E-state index contributed by atoms with van der Waals surface area (Å²) in [7, 11) is -3.43. The number of carbonyl (C=O) groups is 2. The molecular formula is C42H44FN5O4Si. The standard InChI is InChI=1S/C42H44FN5O4Si/c1-28-40(53(2,3)43)38(22-23-46-26-35(44-45-46)33(27-49)30-14-8-5-9-15-30)52-42(28)34-24-32(48-36-17-11-10-16-31(36)18-21-39(48)50)19-20-37(34)47(41(42)51)25-29-12-6-4-7-13-29/h4-17,19-20,24,26,28,33,38,40,49H,18,21-23,25,27H2,1-3H3/t28-,33?,38+,40-,42+/m1/s1. The molecule has 2 amide bonds. The Morgan fingerprint density at radius 1 is 0.943 bits per heavy atom. The number of hydrogen-bond acceptors (Lipinski definition) is 6. The molecule has 0 bridgehead atoms. The van der Waals surface area contributed by atoms with Crippen LogP contribution < -0.4 is 9.80 Å². The molecule has 53 heavy (non-hydrogen) atoms. The van der Waals surface area contributed by atoms with E-state index < -0.39 is 31.6 Å². The van der Waals surface area contributed by atoms with Crippen LogP contribution in [-0.2, 0) is 39.4 Å². The van der Waals surface area contributed by atoms with Crippen LogP contribution in [0.5, 0.6) is 0 Å². The summed E-state index contributed by atoms with van der Waals surface area (Å²) in [6, 6.07) is 33.2. The minimum Gasteiger partial charge on any atom is -0.395 e. The fourth-order valence-electron chi connectivity index (χ4n) is 8.98. The number of aryl methyl sites for hydroxylation is 2. The Bertz CT molecular complexity index is 2140. The topological polar surface area (TPSA) is 101 Å². The molecule has 5 atom stereocenters. The summed E-state index contributed by atoms with van der Waals surface area (Å²) < 4.78 is 25.4. The maximum atomic E-state index is 16.7. The molecule has 1 N–H and O–H groups in total. The van der Waals surface area contributed by atoms with Gasteiger partial charge in [-0.15, -0.1) is 5.10 Å². The molecule has 1 spiro atoms. The normalized spacial score (nSPS) is 23.1. The lowest BCUT2D eigenvalue weighted by Gasteiger charge is -2.32. The fourth-order valence-corrected chi connectivity index (χ4v) is 11.5. The van der Waals surface area contributed by atoms with Crippen molar-refractivity contribution in [1.82, 2.24) is 15.0 Å². The number of hydrogen-bond donors (Lipinski definition) is 1. The van der Waals surface area contributed by atoms with Gasteiger partial charge in [-0.25, -0.2) is 0 Å². The number of fused-ring (bicyclic) bond motifs is 3. The zero-order valence-corrected chi connectivity index (χ0v) is 31.2. The van der Waals surface area contributed by atoms with E-state index in [2.05, 4.69) is 10.3 Å². The van der Waals surface area contributed by atoms with Crippen LogP contribution >= 0.6 is 0 Å². The molecule has 272 valence electrons. The predicted octanol–water partition coefficient (Wildman–Crippen LogP) is 7.43. The van der Waals surface area contributed by atoms with Gasteiger partial charge in [0.1, 0.15) is 0 Å². The molecule has 3 aliphatic heterocycles. The van der Waals surface area contributed by atoms with E-state index in [1.165, 1.54) is 0 Å². The third-order valence-corrected chi connectivity index (χ3v) is 13.9. The number of aliphatic hydroxyl groups is 1. The van der Waals surface area contributed by atoms with Gasteiger partial charge in [0, 0.05) is 41.9 Å². The second kappa shape index (κ2) is 13.8. The van der Waals surface area contributed by atoms with Crippen LogP contribution in [0.3, 0.4) is 0 Å². The van der Waals surface area contributed by atoms with Crippen molar-refractivity contribution in [3.8, 4) is 0 Å². The van der Waals surface area contributed by atoms with Crippen LogP contribution in [0.15, 0.2) is 109 Å². The van der Waals surface area contributed by atoms with Crippen LogP contribution in [0.1, 0.15) is 53.6 Å². The van der Waals surface area contributed by atoms with Crippen molar-refractivity contribution in [1.29, 1.82) is 0 Å². The lowest BCUT2D eigenvalue weighted by atomic mass is 9.82. The second-order valence-corrected chi connectivity index (χ2v) is 18.8. The van der Waals surface area contributed by atoms with Gasteiger partial charge in [0.15, 0.2) is 5.60 Å². The molecule has 4 aromatic carbocycles. The molecule has 9 nitrogen and oxygen atoms in total. The van der Waals surface area contributed by atoms with E-state index in [4.69, 9.17) is 4.74 Å². The number of carbonyl (C=O) groups excluding carboxylic acids is 2. The van der Waals surface area contributed by atoms with Crippen LogP contribution in [-0.4, -0.2) is 53.0 Å². The molecule has 8 rings (SSSR count). The van der Waals surface area contributed by atoms with Crippen molar-refractivity contribution in [2.75, 3.05) is 16.4 Å². The second-order valence-electron chi connectivity index (χ2n) is 15.0. The largest absolute Gasteiger partial charge is 0.395 e. The number of rotatable bonds is 10. The highest BCUT2D eigenvalue weighted by atomic mass is 28.4. The molecule has 1 saturated heterocycles. The average Bonchev–Trinajstić information content (AvgIpc) is 3.82. The number of halogens is 1. The van der Waals surface area contributed by atoms with E-state index in [9.17, 15) is 9.90 Å². The summed E-state index contributed by atoms with van der Waals surface area (Å²) >= 11 is 0. The lowest BCUT2D eigenvalue weighted by Crippen LogP contribution is -2.45. The molecule has 0 saturated carbocycles. The van der Waals surface area contributed by atoms with E-state index in [1.54, 1.807) is 27.6 Å². The first-order valence-corrected chi connectivity index (χ1v) is 21.4. The number of amides is 2. The van der Waals surface area contributed by atoms with Crippen molar-refractivity contribution in [2.24, 2.45) is 5.92 Å². The Kier molecular flexibility index (Phi) is 9.12. The maximum Gasteiger partial charge on any atom is 0.264 e. The summed E-state index contributed by atoms with van der Waals surface area (Å²) in [5, 5.41) is 19.0. The number of anilines is 3. The van der Waals surface area contributed by atoms with Gasteiger partial charge >= 0.3 is 0 Å². The smallest absolute Gasteiger partial charge is 0.264 e. The highest BCUT2D eigenvalue weighted by molar-refractivity contribution is 6.72. The van der Waals surface area contributed by atoms with Crippen LogP contribution in [0.2, 0.25) is 18.6 Å². The Hall–Kier alpha value is -4.97. The summed E-state index contributed by atoms with van der Waals surface area (Å²) in [6.07, 6.45) is 2.71. The first-order valence-electron chi connectivity index (χ1n) is 18.4. The van der Waals surface area contributed by atoms with E-state index in [-0.39, 0.29) is 24.3 Å². The minimum atomic E-state index is -3.43. The van der Waals surface area contributed by atoms with E-state index >= 15 is 8.90 Å². The Morgan fingerprint density at radius 3 is 2.40 bits per heavy atom. The average molecular weight is 730 g/mol. The van der Waals surface area contributed by atoms with Gasteiger partial charge in [-0.1, -0.05) is 91.0 Å². The zero-order chi connectivity index (χ0) is 36.9. The summed E-state index contributed by atoms with van der Waals surface area (Å²) in [4.78, 5) is 32.1. The Balaban J connectivity index is 1.17. The van der Waals surface area contributed by atoms with E-state index in [1.807, 2.05) is 116 Å². The lowest BCUT2D eigenvalue weighted by molar-refractivity contribution is -0.146. The number of benzene rings is 4. The van der Waals surface area contributed by atoms with Gasteiger partial charge in [-0.3, -0.25) is 19.2 Å². The number of nitrogens with zero attached hydrogens (tertiary/aromatic N) is 5. The Labute approximate surface area is 310 Å². The first-order chi connectivity index (χ1) is 25.6. The summed E-state index contributed by atoms with van der Waals surface area (Å²) in [5.41, 5.74) is 4.55. The van der Waals surface area contributed by atoms with Crippen LogP contribution in [0, 0.1) is 5.92 Å². The van der Waals surface area contributed by atoms with Gasteiger partial charge in [-0.05, 0) is 66.9 Å². The first kappa shape index (κ1) is 35.1. The van der Waals surface area contributed by atoms with Crippen molar-refractivity contribution < 1.29 is 23.5 Å². The van der Waals surface area contributed by atoms with Crippen LogP contribution in [0.25, 0.3) is 0 Å². The number of aliphatic hydroxyl groups excluding tert-OH is 1. The van der Waals surface area contributed by atoms with Crippen molar-refractivity contribution in [3.05, 3.63) is 137 Å². The molecular weight excluding hydrogens is 686 g/mol. The summed E-state index contributed by atoms with van der Waals surface area (Å²) in [6.45, 7) is 5.96. The molecule has 0 radical (unpaired) electrons. The van der Waals surface area contributed by atoms with Crippen LogP contribution in [0.4, 0.5) is 21.2 Å². The third kappa shape index (κ3) is 6.10. The van der Waals surface area contributed by atoms with Crippen molar-refractivity contribution >= 4 is 37.3 Å². The molecule has 5 aromatic rings. The van der Waals surface area contributed by atoms with Gasteiger partial charge in [0.2, 0.25) is 14.3 Å². The zero-order valence-electron chi connectivity index (χ0n) is 30.2. The third-order valence-electron chi connectivity index (χ3n) is 11.4.